The summed E-state index contributed by atoms with van der Waals surface area (Å²) in [6.07, 6.45) is 0. The molecule has 2 rings (SSSR count). The summed E-state index contributed by atoms with van der Waals surface area (Å²) >= 11 is 0. The van der Waals surface area contributed by atoms with E-state index in [0.29, 0.717) is 0 Å². The third-order valence-corrected chi connectivity index (χ3v) is 4.13. The van der Waals surface area contributed by atoms with Crippen LogP contribution in [0.25, 0.3) is 0 Å². The van der Waals surface area contributed by atoms with Crippen molar-refractivity contribution in [2.24, 2.45) is 0 Å². The maximum Gasteiger partial charge on any atom is 0.356 e. The molecule has 6 nitrogen and oxygen atoms in total. The second kappa shape index (κ2) is 9.01. The molecule has 1 radical (unpaired) electrons. The fraction of sp³-hybridized carbons (Fsp3) is 0. The smallest absolute Gasteiger partial charge is 0.321 e. The number of rotatable bonds is 2. The Morgan fingerprint density at radius 2 is 0.810 bits per heavy atom. The van der Waals surface area contributed by atoms with Crippen molar-refractivity contribution in [3.05, 3.63) is 60.7 Å². The van der Waals surface area contributed by atoms with Gasteiger partial charge in [-0.1, -0.05) is 36.4 Å². The van der Waals surface area contributed by atoms with Crippen LogP contribution in [0.3, 0.4) is 0 Å². The summed E-state index contributed by atoms with van der Waals surface area (Å²) in [5.41, 5.74) is 0. The topological polar surface area (TPSA) is 115 Å². The van der Waals surface area contributed by atoms with Gasteiger partial charge in [-0.3, -0.25) is 9.13 Å². The largest absolute Gasteiger partial charge is 0.356 e. The predicted molar refractivity (Wildman–Crippen MR) is 82.0 cm³/mol. The monoisotopic (exact) mass is 339 g/mol. The van der Waals surface area contributed by atoms with Crippen molar-refractivity contribution in [2.45, 2.75) is 0 Å². The maximum absolute atomic E-state index is 10.5. The summed E-state index contributed by atoms with van der Waals surface area (Å²) in [7, 11) is -8.04. The number of benzene rings is 2. The van der Waals surface area contributed by atoms with Gasteiger partial charge in [0.1, 0.15) is 0 Å². The first kappa shape index (κ1) is 20.7. The van der Waals surface area contributed by atoms with Gasteiger partial charge in [-0.25, -0.2) is 0 Å². The van der Waals surface area contributed by atoms with Gasteiger partial charge < -0.3 is 19.6 Å². The maximum atomic E-state index is 10.5. The van der Waals surface area contributed by atoms with Crippen LogP contribution in [0.5, 0.6) is 0 Å². The van der Waals surface area contributed by atoms with Crippen LogP contribution in [0, 0.1) is 0 Å². The Labute approximate surface area is 144 Å². The molecule has 0 aliphatic heterocycles. The molecule has 0 bridgehead atoms. The second-order valence-electron chi connectivity index (χ2n) is 3.76. The summed E-state index contributed by atoms with van der Waals surface area (Å²) in [5, 5.41) is 0.130. The Kier molecular flexibility index (Phi) is 8.90. The predicted octanol–water partition coefficient (Wildman–Crippen LogP) is 0.598. The average Bonchev–Trinajstić information content (AvgIpc) is 2.40. The third kappa shape index (κ3) is 8.07. The molecule has 0 fully saturated rings. The van der Waals surface area contributed by atoms with E-state index in [9.17, 15) is 9.13 Å². The molecule has 0 aliphatic rings. The Hall–Kier alpha value is -0.260. The van der Waals surface area contributed by atoms with E-state index in [1.165, 1.54) is 24.3 Å². The van der Waals surface area contributed by atoms with Gasteiger partial charge in [0.2, 0.25) is 0 Å². The molecule has 2 aromatic carbocycles. The molecule has 0 aromatic heterocycles. The molecule has 0 unspecified atom stereocenters. The Balaban J connectivity index is 0.000000364. The van der Waals surface area contributed by atoms with E-state index in [0.717, 1.165) is 0 Å². The molecular weight excluding hydrogens is 325 g/mol. The van der Waals surface area contributed by atoms with E-state index >= 15 is 0 Å². The third-order valence-electron chi connectivity index (χ3n) is 2.19. The van der Waals surface area contributed by atoms with Crippen molar-refractivity contribution in [1.82, 2.24) is 0 Å². The number of hydrogen-bond donors (Lipinski definition) is 4. The van der Waals surface area contributed by atoms with Gasteiger partial charge in [0.05, 0.1) is 10.6 Å². The molecule has 4 N–H and O–H groups in total. The van der Waals surface area contributed by atoms with Gasteiger partial charge in [-0.2, -0.15) is 0 Å². The van der Waals surface area contributed by atoms with Crippen molar-refractivity contribution in [1.29, 1.82) is 0 Å². The van der Waals surface area contributed by atoms with Gasteiger partial charge in [-0.15, -0.1) is 0 Å². The van der Waals surface area contributed by atoms with E-state index in [1.54, 1.807) is 36.4 Å². The fourth-order valence-corrected chi connectivity index (χ4v) is 2.37. The van der Waals surface area contributed by atoms with Crippen molar-refractivity contribution in [3.8, 4) is 0 Å². The van der Waals surface area contributed by atoms with Gasteiger partial charge in [-0.05, 0) is 24.3 Å². The SMILES string of the molecule is O=P(O)(O)c1ccccc1.O=P(O)(O)c1ccccc1.[Na]. The first-order valence-electron chi connectivity index (χ1n) is 5.43. The number of hydrogen-bond acceptors (Lipinski definition) is 2. The molecule has 0 spiro atoms. The molecular formula is C12H14NaO6P2. The zero-order valence-corrected chi connectivity index (χ0v) is 15.1. The molecule has 21 heavy (non-hydrogen) atoms. The van der Waals surface area contributed by atoms with Crippen molar-refractivity contribution >= 4 is 55.4 Å². The first-order valence-corrected chi connectivity index (χ1v) is 8.66. The van der Waals surface area contributed by atoms with E-state index in [2.05, 4.69) is 0 Å². The van der Waals surface area contributed by atoms with Crippen LogP contribution < -0.4 is 10.6 Å². The average molecular weight is 339 g/mol. The van der Waals surface area contributed by atoms with Crippen LogP contribution in [0.1, 0.15) is 0 Å². The Morgan fingerprint density at radius 3 is 0.952 bits per heavy atom. The quantitative estimate of drug-likeness (QED) is 0.470. The minimum Gasteiger partial charge on any atom is -0.321 e. The normalized spacial score (nSPS) is 10.9. The summed E-state index contributed by atoms with van der Waals surface area (Å²) in [6.45, 7) is 0. The van der Waals surface area contributed by atoms with Gasteiger partial charge >= 0.3 is 15.2 Å². The summed E-state index contributed by atoms with van der Waals surface area (Å²) in [4.78, 5) is 34.4. The van der Waals surface area contributed by atoms with Crippen molar-refractivity contribution in [3.63, 3.8) is 0 Å². The molecule has 0 heterocycles. The van der Waals surface area contributed by atoms with Crippen LogP contribution in [0.2, 0.25) is 0 Å². The zero-order chi connectivity index (χ0) is 15.2. The molecule has 0 amide bonds. The van der Waals surface area contributed by atoms with Crippen LogP contribution in [0.15, 0.2) is 60.7 Å². The van der Waals surface area contributed by atoms with Crippen LogP contribution in [-0.4, -0.2) is 49.1 Å². The minimum atomic E-state index is -4.02. The van der Waals surface area contributed by atoms with Crippen molar-refractivity contribution in [2.75, 3.05) is 0 Å². The standard InChI is InChI=1S/2C6H7O3P.Na/c2*7-10(8,9)6-4-2-1-3-5-6;/h2*1-5H,(H2,7,8,9);. The molecule has 0 atom stereocenters. The fourth-order valence-electron chi connectivity index (χ4n) is 1.24. The van der Waals surface area contributed by atoms with Crippen molar-refractivity contribution < 1.29 is 28.7 Å². The van der Waals surface area contributed by atoms with E-state index in [-0.39, 0.29) is 40.2 Å². The first-order chi connectivity index (χ1) is 9.21. The minimum absolute atomic E-state index is 0. The Bertz CT molecular complexity index is 565. The van der Waals surface area contributed by atoms with Crippen LogP contribution in [0.4, 0.5) is 0 Å². The molecule has 109 valence electrons. The van der Waals surface area contributed by atoms with Crippen LogP contribution >= 0.6 is 15.2 Å². The Morgan fingerprint density at radius 1 is 0.571 bits per heavy atom. The summed E-state index contributed by atoms with van der Waals surface area (Å²) in [6, 6.07) is 15.4. The molecule has 9 heteroatoms. The van der Waals surface area contributed by atoms with Gasteiger partial charge in [0.15, 0.2) is 0 Å². The van der Waals surface area contributed by atoms with E-state index in [1.807, 2.05) is 0 Å². The molecule has 0 saturated heterocycles. The molecule has 0 saturated carbocycles. The van der Waals surface area contributed by atoms with E-state index in [4.69, 9.17) is 19.6 Å². The van der Waals surface area contributed by atoms with Gasteiger partial charge in [0, 0.05) is 29.6 Å². The van der Waals surface area contributed by atoms with E-state index < -0.39 is 15.2 Å². The van der Waals surface area contributed by atoms with Gasteiger partial charge in [0.25, 0.3) is 0 Å². The molecule has 0 aliphatic carbocycles. The van der Waals surface area contributed by atoms with Crippen LogP contribution in [-0.2, 0) is 9.13 Å². The second-order valence-corrected chi connectivity index (χ2v) is 6.97. The summed E-state index contributed by atoms with van der Waals surface area (Å²) < 4.78 is 21.1. The molecule has 2 aromatic rings. The zero-order valence-electron chi connectivity index (χ0n) is 11.3. The summed E-state index contributed by atoms with van der Waals surface area (Å²) in [5.74, 6) is 0.